The third-order valence-electron chi connectivity index (χ3n) is 5.93. The summed E-state index contributed by atoms with van der Waals surface area (Å²) in [6, 6.07) is 8.63. The molecule has 1 aromatic rings. The zero-order chi connectivity index (χ0) is 20.4. The fourth-order valence-corrected chi connectivity index (χ4v) is 3.90. The molecular weight excluding hydrogens is 350 g/mol. The number of nitrogens with zero attached hydrogens (tertiary/aromatic N) is 2. The molecule has 1 heterocycles. The van der Waals surface area contributed by atoms with Gasteiger partial charge in [0.15, 0.2) is 0 Å². The lowest BCUT2D eigenvalue weighted by molar-refractivity contribution is -0.136. The lowest BCUT2D eigenvalue weighted by Gasteiger charge is -2.36. The quantitative estimate of drug-likeness (QED) is 0.768. The number of hydrogen-bond donors (Lipinski definition) is 1. The van der Waals surface area contributed by atoms with Gasteiger partial charge in [0, 0.05) is 32.7 Å². The van der Waals surface area contributed by atoms with E-state index < -0.39 is 0 Å². The molecule has 5 nitrogen and oxygen atoms in total. The Morgan fingerprint density at radius 2 is 1.71 bits per heavy atom. The molecule has 152 valence electrons. The molecule has 0 spiro atoms. The van der Waals surface area contributed by atoms with Gasteiger partial charge >= 0.3 is 0 Å². The van der Waals surface area contributed by atoms with Gasteiger partial charge in [0.1, 0.15) is 0 Å². The van der Waals surface area contributed by atoms with Crippen molar-refractivity contribution in [3.63, 3.8) is 0 Å². The highest BCUT2D eigenvalue weighted by Crippen LogP contribution is 2.50. The Labute approximate surface area is 168 Å². The first-order valence-electron chi connectivity index (χ1n) is 10.3. The number of piperazine rings is 1. The van der Waals surface area contributed by atoms with Gasteiger partial charge in [-0.25, -0.2) is 0 Å². The van der Waals surface area contributed by atoms with Crippen LogP contribution in [0.2, 0.25) is 0 Å². The molecule has 0 bridgehead atoms. The van der Waals surface area contributed by atoms with Gasteiger partial charge in [0.2, 0.25) is 11.8 Å². The summed E-state index contributed by atoms with van der Waals surface area (Å²) in [7, 11) is 0. The van der Waals surface area contributed by atoms with E-state index in [1.165, 1.54) is 5.56 Å². The maximum atomic E-state index is 13.3. The summed E-state index contributed by atoms with van der Waals surface area (Å²) >= 11 is 0. The number of amides is 2. The maximum absolute atomic E-state index is 13.3. The Bertz CT molecular complexity index is 721. The SMILES string of the molecule is C=CCNC(=O)CN1CCN(C(=O)C2(c3ccc(C(C)(C)C)cc3)CC2)CC1. The summed E-state index contributed by atoms with van der Waals surface area (Å²) in [5, 5.41) is 2.81. The highest BCUT2D eigenvalue weighted by molar-refractivity contribution is 5.91. The van der Waals surface area contributed by atoms with E-state index in [-0.39, 0.29) is 22.6 Å². The molecule has 0 unspecified atom stereocenters. The van der Waals surface area contributed by atoms with Crippen LogP contribution in [0, 0.1) is 0 Å². The van der Waals surface area contributed by atoms with Crippen molar-refractivity contribution < 1.29 is 9.59 Å². The largest absolute Gasteiger partial charge is 0.352 e. The van der Waals surface area contributed by atoms with Crippen molar-refractivity contribution in [1.29, 1.82) is 0 Å². The number of rotatable bonds is 6. The standard InChI is InChI=1S/C23H33N3O2/c1-5-12-24-20(27)17-25-13-15-26(16-14-25)21(28)23(10-11-23)19-8-6-18(7-9-19)22(2,3)4/h5-9H,1,10-17H2,2-4H3,(H,24,27). The van der Waals surface area contributed by atoms with Crippen molar-refractivity contribution in [3.05, 3.63) is 48.0 Å². The first-order valence-corrected chi connectivity index (χ1v) is 10.3. The van der Waals surface area contributed by atoms with E-state index in [9.17, 15) is 9.59 Å². The average molecular weight is 384 g/mol. The van der Waals surface area contributed by atoms with E-state index in [0.29, 0.717) is 26.2 Å². The van der Waals surface area contributed by atoms with Crippen molar-refractivity contribution in [3.8, 4) is 0 Å². The molecule has 1 saturated heterocycles. The van der Waals surface area contributed by atoms with Gasteiger partial charge < -0.3 is 10.2 Å². The number of benzene rings is 1. The topological polar surface area (TPSA) is 52.7 Å². The molecule has 2 aliphatic rings. The molecule has 1 aliphatic carbocycles. The lowest BCUT2D eigenvalue weighted by atomic mass is 9.84. The first kappa shape index (κ1) is 20.6. The predicted molar refractivity (Wildman–Crippen MR) is 112 cm³/mol. The Hall–Kier alpha value is -2.14. The average Bonchev–Trinajstić information content (AvgIpc) is 3.48. The minimum absolute atomic E-state index is 0.0114. The van der Waals surface area contributed by atoms with Gasteiger partial charge in [-0.2, -0.15) is 0 Å². The van der Waals surface area contributed by atoms with E-state index in [1.54, 1.807) is 6.08 Å². The van der Waals surface area contributed by atoms with Crippen LogP contribution in [-0.4, -0.2) is 60.9 Å². The summed E-state index contributed by atoms with van der Waals surface area (Å²) in [5.41, 5.74) is 2.24. The second-order valence-electron chi connectivity index (χ2n) is 9.07. The summed E-state index contributed by atoms with van der Waals surface area (Å²) in [6.45, 7) is 14.0. The molecule has 2 amide bonds. The smallest absolute Gasteiger partial charge is 0.234 e. The van der Waals surface area contributed by atoms with E-state index in [0.717, 1.165) is 31.5 Å². The van der Waals surface area contributed by atoms with Crippen LogP contribution in [0.25, 0.3) is 0 Å². The van der Waals surface area contributed by atoms with Crippen molar-refractivity contribution in [2.45, 2.75) is 44.4 Å². The lowest BCUT2D eigenvalue weighted by Crippen LogP contribution is -2.53. The Morgan fingerprint density at radius 3 is 2.21 bits per heavy atom. The van der Waals surface area contributed by atoms with Crippen LogP contribution in [0.4, 0.5) is 0 Å². The molecule has 28 heavy (non-hydrogen) atoms. The predicted octanol–water partition coefficient (Wildman–Crippen LogP) is 2.46. The Kier molecular flexibility index (Phi) is 5.94. The maximum Gasteiger partial charge on any atom is 0.234 e. The monoisotopic (exact) mass is 383 g/mol. The summed E-state index contributed by atoms with van der Waals surface area (Å²) in [4.78, 5) is 29.2. The molecule has 3 rings (SSSR count). The van der Waals surface area contributed by atoms with Crippen LogP contribution < -0.4 is 5.32 Å². The fourth-order valence-electron chi connectivity index (χ4n) is 3.90. The normalized spacial score (nSPS) is 19.2. The van der Waals surface area contributed by atoms with Gasteiger partial charge in [-0.05, 0) is 29.4 Å². The molecule has 0 radical (unpaired) electrons. The molecule has 1 aromatic carbocycles. The number of hydrogen-bond acceptors (Lipinski definition) is 3. The zero-order valence-corrected chi connectivity index (χ0v) is 17.5. The highest BCUT2D eigenvalue weighted by atomic mass is 16.2. The van der Waals surface area contributed by atoms with Crippen LogP contribution in [0.3, 0.4) is 0 Å². The molecule has 1 aliphatic heterocycles. The van der Waals surface area contributed by atoms with Crippen molar-refractivity contribution in [2.24, 2.45) is 0 Å². The minimum Gasteiger partial charge on any atom is -0.352 e. The van der Waals surface area contributed by atoms with Crippen LogP contribution in [0.15, 0.2) is 36.9 Å². The molecule has 2 fully saturated rings. The van der Waals surface area contributed by atoms with Gasteiger partial charge in [-0.3, -0.25) is 14.5 Å². The van der Waals surface area contributed by atoms with Gasteiger partial charge in [0.25, 0.3) is 0 Å². The first-order chi connectivity index (χ1) is 13.3. The Balaban J connectivity index is 1.57. The van der Waals surface area contributed by atoms with E-state index in [4.69, 9.17) is 0 Å². The van der Waals surface area contributed by atoms with Crippen molar-refractivity contribution in [1.82, 2.24) is 15.1 Å². The molecule has 0 atom stereocenters. The van der Waals surface area contributed by atoms with Crippen molar-refractivity contribution in [2.75, 3.05) is 39.3 Å². The molecule has 1 N–H and O–H groups in total. The van der Waals surface area contributed by atoms with Crippen LogP contribution in [0.5, 0.6) is 0 Å². The summed E-state index contributed by atoms with van der Waals surface area (Å²) in [5.74, 6) is 0.268. The third-order valence-corrected chi connectivity index (χ3v) is 5.93. The zero-order valence-electron chi connectivity index (χ0n) is 17.5. The van der Waals surface area contributed by atoms with E-state index in [2.05, 4.69) is 61.8 Å². The molecule has 1 saturated carbocycles. The minimum atomic E-state index is -0.320. The number of nitrogens with one attached hydrogen (secondary N) is 1. The van der Waals surface area contributed by atoms with Crippen molar-refractivity contribution >= 4 is 11.8 Å². The van der Waals surface area contributed by atoms with Gasteiger partial charge in [-0.15, -0.1) is 6.58 Å². The molecular formula is C23H33N3O2. The Morgan fingerprint density at radius 1 is 1.11 bits per heavy atom. The van der Waals surface area contributed by atoms with Crippen LogP contribution >= 0.6 is 0 Å². The van der Waals surface area contributed by atoms with Gasteiger partial charge in [-0.1, -0.05) is 51.1 Å². The molecule has 5 heteroatoms. The van der Waals surface area contributed by atoms with E-state index in [1.807, 2.05) is 4.90 Å². The molecule has 0 aromatic heterocycles. The second-order valence-corrected chi connectivity index (χ2v) is 9.07. The fraction of sp³-hybridized carbons (Fsp3) is 0.565. The number of carbonyl (C=O) groups is 2. The van der Waals surface area contributed by atoms with Crippen LogP contribution in [-0.2, 0) is 20.4 Å². The third kappa shape index (κ3) is 4.46. The van der Waals surface area contributed by atoms with E-state index >= 15 is 0 Å². The summed E-state index contributed by atoms with van der Waals surface area (Å²) < 4.78 is 0. The second kappa shape index (κ2) is 8.08. The van der Waals surface area contributed by atoms with Crippen LogP contribution in [0.1, 0.15) is 44.7 Å². The highest BCUT2D eigenvalue weighted by Gasteiger charge is 2.53. The van der Waals surface area contributed by atoms with Gasteiger partial charge in [0.05, 0.1) is 12.0 Å². The number of carbonyl (C=O) groups excluding carboxylic acids is 2. The summed E-state index contributed by atoms with van der Waals surface area (Å²) in [6.07, 6.45) is 3.55.